The van der Waals surface area contributed by atoms with E-state index >= 15 is 0 Å². The van der Waals surface area contributed by atoms with Gasteiger partial charge in [0, 0.05) is 36.9 Å². The molecule has 0 amide bonds. The summed E-state index contributed by atoms with van der Waals surface area (Å²) in [6.45, 7) is 7.65. The summed E-state index contributed by atoms with van der Waals surface area (Å²) in [7, 11) is 2.20. The predicted octanol–water partition coefficient (Wildman–Crippen LogP) is 1.65. The zero-order chi connectivity index (χ0) is 12.3. The fraction of sp³-hybridized carbons (Fsp3) is 0.769. The molecule has 0 aromatic carbocycles. The van der Waals surface area contributed by atoms with E-state index < -0.39 is 0 Å². The minimum absolute atomic E-state index is 0.449. The van der Waals surface area contributed by atoms with Crippen molar-refractivity contribution in [3.8, 4) is 0 Å². The Balaban J connectivity index is 1.80. The molecule has 1 unspecified atom stereocenters. The molecule has 0 spiro atoms. The minimum Gasteiger partial charge on any atom is -0.309 e. The van der Waals surface area contributed by atoms with Gasteiger partial charge >= 0.3 is 0 Å². The maximum absolute atomic E-state index is 4.36. The number of likely N-dealkylation sites (tertiary alicyclic amines) is 1. The second-order valence-corrected chi connectivity index (χ2v) is 5.40. The molecule has 17 heavy (non-hydrogen) atoms. The second kappa shape index (κ2) is 5.65. The lowest BCUT2D eigenvalue weighted by Gasteiger charge is -2.30. The Labute approximate surface area is 104 Å². The van der Waals surface area contributed by atoms with Gasteiger partial charge < -0.3 is 10.2 Å². The number of piperidine rings is 1. The first-order chi connectivity index (χ1) is 8.15. The fourth-order valence-corrected chi connectivity index (χ4v) is 2.35. The highest BCUT2D eigenvalue weighted by Gasteiger charge is 2.16. The molecule has 2 heterocycles. The van der Waals surface area contributed by atoms with E-state index in [1.165, 1.54) is 24.9 Å². The van der Waals surface area contributed by atoms with Crippen LogP contribution in [0, 0.1) is 0 Å². The fourth-order valence-electron chi connectivity index (χ4n) is 2.35. The van der Waals surface area contributed by atoms with E-state index in [0.717, 1.165) is 13.1 Å². The Morgan fingerprint density at radius 1 is 1.53 bits per heavy atom. The molecule has 1 aromatic rings. The molecule has 0 bridgehead atoms. The van der Waals surface area contributed by atoms with Crippen molar-refractivity contribution in [2.45, 2.75) is 45.3 Å². The molecule has 1 saturated heterocycles. The third-order valence-corrected chi connectivity index (χ3v) is 3.40. The van der Waals surface area contributed by atoms with Gasteiger partial charge in [0.05, 0.1) is 6.20 Å². The van der Waals surface area contributed by atoms with Gasteiger partial charge in [-0.05, 0) is 40.3 Å². The number of aromatic nitrogens is 2. The first-order valence-corrected chi connectivity index (χ1v) is 6.60. The van der Waals surface area contributed by atoms with Crippen LogP contribution in [0.1, 0.15) is 38.3 Å². The molecule has 1 N–H and O–H groups in total. The first kappa shape index (κ1) is 12.6. The molecule has 0 saturated carbocycles. The van der Waals surface area contributed by atoms with E-state index in [2.05, 4.69) is 42.4 Å². The van der Waals surface area contributed by atoms with E-state index in [1.807, 2.05) is 10.9 Å². The van der Waals surface area contributed by atoms with Gasteiger partial charge in [0.1, 0.15) is 0 Å². The Hall–Kier alpha value is -0.870. The van der Waals surface area contributed by atoms with Crippen LogP contribution in [-0.2, 0) is 6.54 Å². The SMILES string of the molecule is CC(C)n1cc(CNC2CCCN(C)C2)cn1. The zero-order valence-corrected chi connectivity index (χ0v) is 11.2. The van der Waals surface area contributed by atoms with Crippen LogP contribution in [0.25, 0.3) is 0 Å². The van der Waals surface area contributed by atoms with Crippen molar-refractivity contribution in [2.75, 3.05) is 20.1 Å². The van der Waals surface area contributed by atoms with E-state index in [0.29, 0.717) is 12.1 Å². The molecule has 1 aromatic heterocycles. The van der Waals surface area contributed by atoms with Crippen molar-refractivity contribution in [3.63, 3.8) is 0 Å². The zero-order valence-electron chi connectivity index (χ0n) is 11.2. The van der Waals surface area contributed by atoms with E-state index in [9.17, 15) is 0 Å². The van der Waals surface area contributed by atoms with Gasteiger partial charge in [0.2, 0.25) is 0 Å². The topological polar surface area (TPSA) is 33.1 Å². The average molecular weight is 236 g/mol. The molecule has 0 radical (unpaired) electrons. The third kappa shape index (κ3) is 3.54. The lowest BCUT2D eigenvalue weighted by molar-refractivity contribution is 0.226. The first-order valence-electron chi connectivity index (χ1n) is 6.60. The summed E-state index contributed by atoms with van der Waals surface area (Å²) in [5, 5.41) is 7.99. The molecule has 0 aliphatic carbocycles. The quantitative estimate of drug-likeness (QED) is 0.863. The van der Waals surface area contributed by atoms with Gasteiger partial charge in [-0.3, -0.25) is 4.68 Å². The maximum atomic E-state index is 4.36. The number of hydrogen-bond acceptors (Lipinski definition) is 3. The predicted molar refractivity (Wildman–Crippen MR) is 70.0 cm³/mol. The van der Waals surface area contributed by atoms with E-state index in [1.54, 1.807) is 0 Å². The van der Waals surface area contributed by atoms with Crippen molar-refractivity contribution in [3.05, 3.63) is 18.0 Å². The van der Waals surface area contributed by atoms with Gasteiger partial charge in [-0.25, -0.2) is 0 Å². The molecule has 1 aliphatic heterocycles. The van der Waals surface area contributed by atoms with Crippen molar-refractivity contribution >= 4 is 0 Å². The molecule has 1 fully saturated rings. The van der Waals surface area contributed by atoms with Crippen LogP contribution in [0.5, 0.6) is 0 Å². The summed E-state index contributed by atoms with van der Waals surface area (Å²) in [6.07, 6.45) is 6.71. The van der Waals surface area contributed by atoms with Crippen LogP contribution >= 0.6 is 0 Å². The number of nitrogens with one attached hydrogen (secondary N) is 1. The van der Waals surface area contributed by atoms with Gasteiger partial charge in [-0.2, -0.15) is 5.10 Å². The number of likely N-dealkylation sites (N-methyl/N-ethyl adjacent to an activating group) is 1. The smallest absolute Gasteiger partial charge is 0.0534 e. The Morgan fingerprint density at radius 2 is 2.35 bits per heavy atom. The average Bonchev–Trinajstić information content (AvgIpc) is 2.75. The Morgan fingerprint density at radius 3 is 3.00 bits per heavy atom. The highest BCUT2D eigenvalue weighted by molar-refractivity contribution is 5.04. The van der Waals surface area contributed by atoms with Crippen LogP contribution in [0.3, 0.4) is 0 Å². The Kier molecular flexibility index (Phi) is 4.18. The maximum Gasteiger partial charge on any atom is 0.0534 e. The molecular weight excluding hydrogens is 212 g/mol. The minimum atomic E-state index is 0.449. The van der Waals surface area contributed by atoms with Crippen molar-refractivity contribution in [1.29, 1.82) is 0 Å². The second-order valence-electron chi connectivity index (χ2n) is 5.40. The summed E-state index contributed by atoms with van der Waals surface area (Å²) >= 11 is 0. The van der Waals surface area contributed by atoms with Crippen LogP contribution in [-0.4, -0.2) is 40.9 Å². The molecule has 1 atom stereocenters. The number of nitrogens with zero attached hydrogens (tertiary/aromatic N) is 3. The van der Waals surface area contributed by atoms with Crippen LogP contribution in [0.2, 0.25) is 0 Å². The van der Waals surface area contributed by atoms with E-state index in [4.69, 9.17) is 0 Å². The largest absolute Gasteiger partial charge is 0.309 e. The summed E-state index contributed by atoms with van der Waals surface area (Å²) < 4.78 is 2.02. The molecule has 4 nitrogen and oxygen atoms in total. The molecule has 4 heteroatoms. The standard InChI is InChI=1S/C13H24N4/c1-11(2)17-9-12(8-15-17)7-14-13-5-4-6-16(3)10-13/h8-9,11,13-14H,4-7,10H2,1-3H3. The normalized spacial score (nSPS) is 22.2. The third-order valence-electron chi connectivity index (χ3n) is 3.40. The van der Waals surface area contributed by atoms with Crippen molar-refractivity contribution in [2.24, 2.45) is 0 Å². The van der Waals surface area contributed by atoms with E-state index in [-0.39, 0.29) is 0 Å². The number of rotatable bonds is 4. The van der Waals surface area contributed by atoms with Crippen LogP contribution in [0.15, 0.2) is 12.4 Å². The van der Waals surface area contributed by atoms with Gasteiger partial charge in [-0.15, -0.1) is 0 Å². The van der Waals surface area contributed by atoms with Gasteiger partial charge in [-0.1, -0.05) is 0 Å². The van der Waals surface area contributed by atoms with Crippen LogP contribution in [0.4, 0.5) is 0 Å². The summed E-state index contributed by atoms with van der Waals surface area (Å²) in [5.74, 6) is 0. The van der Waals surface area contributed by atoms with Gasteiger partial charge in [0.15, 0.2) is 0 Å². The summed E-state index contributed by atoms with van der Waals surface area (Å²) in [6, 6.07) is 1.08. The molecule has 2 rings (SSSR count). The lowest BCUT2D eigenvalue weighted by atomic mass is 10.1. The molecule has 1 aliphatic rings. The lowest BCUT2D eigenvalue weighted by Crippen LogP contribution is -2.43. The Bertz CT molecular complexity index is 345. The molecule has 96 valence electrons. The summed E-state index contributed by atoms with van der Waals surface area (Å²) in [5.41, 5.74) is 1.28. The monoisotopic (exact) mass is 236 g/mol. The highest BCUT2D eigenvalue weighted by atomic mass is 15.3. The number of hydrogen-bond donors (Lipinski definition) is 1. The summed E-state index contributed by atoms with van der Waals surface area (Å²) in [4.78, 5) is 2.40. The van der Waals surface area contributed by atoms with Gasteiger partial charge in [0.25, 0.3) is 0 Å². The van der Waals surface area contributed by atoms with Crippen molar-refractivity contribution in [1.82, 2.24) is 20.0 Å². The van der Waals surface area contributed by atoms with Crippen LogP contribution < -0.4 is 5.32 Å². The molecular formula is C13H24N4. The van der Waals surface area contributed by atoms with Crippen molar-refractivity contribution < 1.29 is 0 Å². The highest BCUT2D eigenvalue weighted by Crippen LogP contribution is 2.10.